The van der Waals surface area contributed by atoms with Gasteiger partial charge in [-0.1, -0.05) is 0 Å². The molecule has 1 unspecified atom stereocenters. The minimum Gasteiger partial charge on any atom is -0.355 e. The van der Waals surface area contributed by atoms with Crippen molar-refractivity contribution in [1.82, 2.24) is 16.0 Å². The molecule has 1 fully saturated rings. The summed E-state index contributed by atoms with van der Waals surface area (Å²) >= 11 is 0. The first-order valence-corrected chi connectivity index (χ1v) is 6.25. The number of carbonyl (C=O) groups excluding carboxylic acids is 1. The second-order valence-electron chi connectivity index (χ2n) is 5.47. The van der Waals surface area contributed by atoms with E-state index >= 15 is 0 Å². The highest BCUT2D eigenvalue weighted by molar-refractivity contribution is 5.81. The fourth-order valence-electron chi connectivity index (χ4n) is 1.82. The van der Waals surface area contributed by atoms with E-state index in [9.17, 15) is 4.79 Å². The summed E-state index contributed by atoms with van der Waals surface area (Å²) < 4.78 is 0. The van der Waals surface area contributed by atoms with Crippen LogP contribution in [0, 0.1) is 0 Å². The zero-order valence-electron chi connectivity index (χ0n) is 10.7. The lowest BCUT2D eigenvalue weighted by Gasteiger charge is -2.22. The van der Waals surface area contributed by atoms with Crippen LogP contribution in [0.2, 0.25) is 0 Å². The van der Waals surface area contributed by atoms with Gasteiger partial charge in [0.25, 0.3) is 0 Å². The molecule has 1 atom stereocenters. The first kappa shape index (κ1) is 13.5. The third-order valence-electron chi connectivity index (χ3n) is 2.71. The normalized spacial score (nSPS) is 22.7. The predicted octanol–water partition coefficient (Wildman–Crippen LogP) is 0.633. The Hall–Kier alpha value is -0.610. The summed E-state index contributed by atoms with van der Waals surface area (Å²) in [7, 11) is 0. The number of rotatable bonds is 4. The summed E-state index contributed by atoms with van der Waals surface area (Å²) in [5, 5.41) is 9.64. The van der Waals surface area contributed by atoms with Gasteiger partial charge >= 0.3 is 0 Å². The van der Waals surface area contributed by atoms with E-state index in [1.54, 1.807) is 0 Å². The van der Waals surface area contributed by atoms with Crippen LogP contribution in [-0.4, -0.2) is 37.1 Å². The van der Waals surface area contributed by atoms with E-state index in [0.29, 0.717) is 0 Å². The molecule has 94 valence electrons. The third-order valence-corrected chi connectivity index (χ3v) is 2.71. The minimum atomic E-state index is 0.00395. The molecular formula is C12H25N3O. The highest BCUT2D eigenvalue weighted by atomic mass is 16.2. The van der Waals surface area contributed by atoms with Gasteiger partial charge in [-0.2, -0.15) is 0 Å². The Morgan fingerprint density at radius 2 is 2.06 bits per heavy atom. The predicted molar refractivity (Wildman–Crippen MR) is 66.4 cm³/mol. The maximum Gasteiger partial charge on any atom is 0.237 e. The Labute approximate surface area is 98.6 Å². The molecule has 1 amide bonds. The van der Waals surface area contributed by atoms with Crippen LogP contribution in [0.5, 0.6) is 0 Å². The van der Waals surface area contributed by atoms with Crippen LogP contribution in [-0.2, 0) is 4.79 Å². The Bertz CT molecular complexity index is 223. The molecule has 1 aliphatic heterocycles. The molecule has 0 bridgehead atoms. The van der Waals surface area contributed by atoms with Crippen LogP contribution in [0.25, 0.3) is 0 Å². The van der Waals surface area contributed by atoms with Crippen LogP contribution in [0.1, 0.15) is 40.0 Å². The van der Waals surface area contributed by atoms with E-state index in [4.69, 9.17) is 0 Å². The summed E-state index contributed by atoms with van der Waals surface area (Å²) in [5.41, 5.74) is 0.146. The molecule has 16 heavy (non-hydrogen) atoms. The number of carbonyl (C=O) groups is 1. The van der Waals surface area contributed by atoms with Crippen LogP contribution < -0.4 is 16.0 Å². The van der Waals surface area contributed by atoms with E-state index in [1.807, 2.05) is 0 Å². The lowest BCUT2D eigenvalue weighted by atomic mass is 10.1. The van der Waals surface area contributed by atoms with Crippen LogP contribution in [0.15, 0.2) is 0 Å². The second-order valence-corrected chi connectivity index (χ2v) is 5.47. The Morgan fingerprint density at radius 1 is 1.31 bits per heavy atom. The van der Waals surface area contributed by atoms with Crippen molar-refractivity contribution in [3.8, 4) is 0 Å². The quantitative estimate of drug-likeness (QED) is 0.618. The van der Waals surface area contributed by atoms with E-state index in [1.165, 1.54) is 0 Å². The fraction of sp³-hybridized carbons (Fsp3) is 0.917. The highest BCUT2D eigenvalue weighted by Crippen LogP contribution is 2.04. The number of nitrogens with one attached hydrogen (secondary N) is 3. The fourth-order valence-corrected chi connectivity index (χ4v) is 1.82. The summed E-state index contributed by atoms with van der Waals surface area (Å²) in [6, 6.07) is 0.00395. The molecule has 0 spiro atoms. The van der Waals surface area contributed by atoms with Crippen LogP contribution >= 0.6 is 0 Å². The Kier molecular flexibility index (Phi) is 5.22. The van der Waals surface area contributed by atoms with Gasteiger partial charge in [0.05, 0.1) is 6.04 Å². The number of hydrogen-bond donors (Lipinski definition) is 3. The van der Waals surface area contributed by atoms with E-state index in [0.717, 1.165) is 38.9 Å². The SMILES string of the molecule is CC(C)(C)NCCNC1CCCCNC1=O. The standard InChI is InChI=1S/C12H25N3O/c1-12(2,3)15-9-8-13-10-6-4-5-7-14-11(10)16/h10,13,15H,4-9H2,1-3H3,(H,14,16). The first-order chi connectivity index (χ1) is 7.49. The van der Waals surface area contributed by atoms with Gasteiger partial charge < -0.3 is 16.0 Å². The lowest BCUT2D eigenvalue weighted by Crippen LogP contribution is -2.47. The molecule has 4 heteroatoms. The van der Waals surface area contributed by atoms with Crippen molar-refractivity contribution in [1.29, 1.82) is 0 Å². The summed E-state index contributed by atoms with van der Waals surface area (Å²) in [6.45, 7) is 9.00. The van der Waals surface area contributed by atoms with Crippen molar-refractivity contribution in [2.24, 2.45) is 0 Å². The maximum absolute atomic E-state index is 11.6. The lowest BCUT2D eigenvalue weighted by molar-refractivity contribution is -0.122. The molecule has 0 aromatic rings. The van der Waals surface area contributed by atoms with Crippen LogP contribution in [0.3, 0.4) is 0 Å². The topological polar surface area (TPSA) is 53.2 Å². The molecule has 0 aromatic heterocycles. The third kappa shape index (κ3) is 5.47. The van der Waals surface area contributed by atoms with Crippen LogP contribution in [0.4, 0.5) is 0 Å². The summed E-state index contributed by atoms with van der Waals surface area (Å²) in [6.07, 6.45) is 3.19. The average molecular weight is 227 g/mol. The zero-order chi connectivity index (χ0) is 12.0. The van der Waals surface area contributed by atoms with Gasteiger partial charge in [-0.3, -0.25) is 4.79 Å². The van der Waals surface area contributed by atoms with Gasteiger partial charge in [0, 0.05) is 25.2 Å². The van der Waals surface area contributed by atoms with E-state index < -0.39 is 0 Å². The van der Waals surface area contributed by atoms with Crippen molar-refractivity contribution in [3.05, 3.63) is 0 Å². The first-order valence-electron chi connectivity index (χ1n) is 6.25. The van der Waals surface area contributed by atoms with Crippen molar-refractivity contribution >= 4 is 5.91 Å². The molecule has 1 heterocycles. The molecule has 1 saturated heterocycles. The smallest absolute Gasteiger partial charge is 0.237 e. The summed E-state index contributed by atoms with van der Waals surface area (Å²) in [5.74, 6) is 0.160. The molecule has 1 rings (SSSR count). The van der Waals surface area contributed by atoms with Gasteiger partial charge in [0.15, 0.2) is 0 Å². The summed E-state index contributed by atoms with van der Waals surface area (Å²) in [4.78, 5) is 11.6. The minimum absolute atomic E-state index is 0.00395. The van der Waals surface area contributed by atoms with E-state index in [2.05, 4.69) is 36.7 Å². The molecule has 3 N–H and O–H groups in total. The molecule has 0 aromatic carbocycles. The van der Waals surface area contributed by atoms with Crippen molar-refractivity contribution < 1.29 is 4.79 Å². The monoisotopic (exact) mass is 227 g/mol. The average Bonchev–Trinajstić information content (AvgIpc) is 2.37. The largest absolute Gasteiger partial charge is 0.355 e. The highest BCUT2D eigenvalue weighted by Gasteiger charge is 2.19. The van der Waals surface area contributed by atoms with Crippen molar-refractivity contribution in [3.63, 3.8) is 0 Å². The second kappa shape index (κ2) is 6.21. The van der Waals surface area contributed by atoms with Gasteiger partial charge in [0.2, 0.25) is 5.91 Å². The Balaban J connectivity index is 2.18. The molecule has 0 saturated carbocycles. The van der Waals surface area contributed by atoms with Gasteiger partial charge in [0.1, 0.15) is 0 Å². The van der Waals surface area contributed by atoms with Gasteiger partial charge in [-0.15, -0.1) is 0 Å². The Morgan fingerprint density at radius 3 is 2.75 bits per heavy atom. The molecule has 1 aliphatic rings. The molecule has 4 nitrogen and oxygen atoms in total. The van der Waals surface area contributed by atoms with Crippen molar-refractivity contribution in [2.45, 2.75) is 51.6 Å². The number of hydrogen-bond acceptors (Lipinski definition) is 3. The van der Waals surface area contributed by atoms with Gasteiger partial charge in [-0.25, -0.2) is 0 Å². The zero-order valence-corrected chi connectivity index (χ0v) is 10.7. The molecular weight excluding hydrogens is 202 g/mol. The molecule has 0 aliphatic carbocycles. The maximum atomic E-state index is 11.6. The number of amides is 1. The van der Waals surface area contributed by atoms with Gasteiger partial charge in [-0.05, 0) is 40.0 Å². The van der Waals surface area contributed by atoms with Crippen molar-refractivity contribution in [2.75, 3.05) is 19.6 Å². The van der Waals surface area contributed by atoms with E-state index in [-0.39, 0.29) is 17.5 Å². The molecule has 0 radical (unpaired) electrons.